The number of ether oxygens (including phenoxy) is 1. The molecule has 0 aliphatic carbocycles. The van der Waals surface area contributed by atoms with Crippen molar-refractivity contribution in [2.45, 2.75) is 25.9 Å². The third-order valence-corrected chi connectivity index (χ3v) is 2.71. The van der Waals surface area contributed by atoms with Gasteiger partial charge < -0.3 is 15.4 Å². The summed E-state index contributed by atoms with van der Waals surface area (Å²) in [5.74, 6) is 0. The van der Waals surface area contributed by atoms with Crippen LogP contribution in [0.25, 0.3) is 0 Å². The van der Waals surface area contributed by atoms with Gasteiger partial charge in [-0.15, -0.1) is 0 Å². The van der Waals surface area contributed by atoms with Crippen molar-refractivity contribution >= 4 is 5.69 Å². The molecule has 0 aliphatic heterocycles. The lowest BCUT2D eigenvalue weighted by molar-refractivity contribution is 0.183. The van der Waals surface area contributed by atoms with Crippen LogP contribution in [0, 0.1) is 0 Å². The predicted molar refractivity (Wildman–Crippen MR) is 66.6 cm³/mol. The molecule has 0 saturated heterocycles. The molecule has 2 atom stereocenters. The minimum atomic E-state index is -0.0178. The first kappa shape index (κ1) is 12.9. The molecule has 1 heterocycles. The third-order valence-electron chi connectivity index (χ3n) is 2.71. The van der Waals surface area contributed by atoms with Crippen LogP contribution in [0.15, 0.2) is 18.3 Å². The monoisotopic (exact) mass is 223 g/mol. The fourth-order valence-electron chi connectivity index (χ4n) is 1.48. The van der Waals surface area contributed by atoms with Crippen LogP contribution in [0.5, 0.6) is 0 Å². The van der Waals surface area contributed by atoms with E-state index in [1.807, 2.05) is 32.3 Å². The molecule has 0 radical (unpaired) electrons. The van der Waals surface area contributed by atoms with E-state index in [2.05, 4.69) is 16.8 Å². The number of rotatable bonds is 5. The maximum absolute atomic E-state index is 5.75. The molecule has 0 aromatic carbocycles. The number of anilines is 1. The summed E-state index contributed by atoms with van der Waals surface area (Å²) in [6, 6.07) is 4.32. The third kappa shape index (κ3) is 3.18. The second-order valence-corrected chi connectivity index (χ2v) is 4.15. The Morgan fingerprint density at radius 2 is 2.12 bits per heavy atom. The maximum atomic E-state index is 5.75. The van der Waals surface area contributed by atoms with Crippen LogP contribution in [0.2, 0.25) is 0 Å². The number of nitrogens with zero attached hydrogens (tertiary/aromatic N) is 2. The normalized spacial score (nSPS) is 14.6. The van der Waals surface area contributed by atoms with E-state index in [0.29, 0.717) is 12.6 Å². The lowest BCUT2D eigenvalue weighted by atomic mass is 10.2. The van der Waals surface area contributed by atoms with Crippen LogP contribution in [0.1, 0.15) is 25.6 Å². The predicted octanol–water partition coefficient (Wildman–Crippen LogP) is 1.57. The summed E-state index contributed by atoms with van der Waals surface area (Å²) in [5, 5.41) is 0. The SMILES string of the molecule is COCC(C)N(C)c1ccc(C(C)N)nc1. The highest BCUT2D eigenvalue weighted by Gasteiger charge is 2.10. The zero-order valence-electron chi connectivity index (χ0n) is 10.5. The number of nitrogens with two attached hydrogens (primary N) is 1. The zero-order valence-corrected chi connectivity index (χ0v) is 10.5. The summed E-state index contributed by atoms with van der Waals surface area (Å²) in [5.41, 5.74) is 7.74. The Morgan fingerprint density at radius 1 is 1.44 bits per heavy atom. The molecule has 1 rings (SSSR count). The van der Waals surface area contributed by atoms with Crippen LogP contribution >= 0.6 is 0 Å². The van der Waals surface area contributed by atoms with Crippen LogP contribution in [0.3, 0.4) is 0 Å². The zero-order chi connectivity index (χ0) is 12.1. The average Bonchev–Trinajstić information content (AvgIpc) is 2.28. The van der Waals surface area contributed by atoms with Gasteiger partial charge in [-0.2, -0.15) is 0 Å². The second kappa shape index (κ2) is 5.82. The van der Waals surface area contributed by atoms with Crippen molar-refractivity contribution < 1.29 is 4.74 Å². The van der Waals surface area contributed by atoms with Crippen molar-refractivity contribution in [1.82, 2.24) is 4.98 Å². The molecule has 4 nitrogen and oxygen atoms in total. The van der Waals surface area contributed by atoms with Crippen LogP contribution in [-0.4, -0.2) is 31.8 Å². The molecule has 0 aliphatic rings. The van der Waals surface area contributed by atoms with Gasteiger partial charge in [-0.25, -0.2) is 0 Å². The van der Waals surface area contributed by atoms with Gasteiger partial charge >= 0.3 is 0 Å². The molecule has 0 fully saturated rings. The Bertz CT molecular complexity index is 311. The Hall–Kier alpha value is -1.13. The van der Waals surface area contributed by atoms with Crippen LogP contribution in [-0.2, 0) is 4.74 Å². The number of hydrogen-bond acceptors (Lipinski definition) is 4. The topological polar surface area (TPSA) is 51.4 Å². The van der Waals surface area contributed by atoms with E-state index < -0.39 is 0 Å². The molecule has 1 aromatic rings. The first-order chi connectivity index (χ1) is 7.56. The van der Waals surface area contributed by atoms with Gasteiger partial charge in [0.05, 0.1) is 24.2 Å². The van der Waals surface area contributed by atoms with Gasteiger partial charge in [-0.05, 0) is 26.0 Å². The van der Waals surface area contributed by atoms with Gasteiger partial charge in [-0.1, -0.05) is 0 Å². The number of methoxy groups -OCH3 is 1. The molecule has 90 valence electrons. The Balaban J connectivity index is 2.73. The quantitative estimate of drug-likeness (QED) is 0.823. The molecule has 0 saturated carbocycles. The second-order valence-electron chi connectivity index (χ2n) is 4.15. The molecular formula is C12H21N3O. The molecule has 0 amide bonds. The van der Waals surface area contributed by atoms with Gasteiger partial charge in [0.1, 0.15) is 0 Å². The van der Waals surface area contributed by atoms with Gasteiger partial charge in [-0.3, -0.25) is 4.98 Å². The number of hydrogen-bond donors (Lipinski definition) is 1. The molecular weight excluding hydrogens is 202 g/mol. The first-order valence-electron chi connectivity index (χ1n) is 5.49. The fourth-order valence-corrected chi connectivity index (χ4v) is 1.48. The maximum Gasteiger partial charge on any atom is 0.0663 e. The van der Waals surface area contributed by atoms with E-state index >= 15 is 0 Å². The largest absolute Gasteiger partial charge is 0.383 e. The molecule has 2 unspecified atom stereocenters. The lowest BCUT2D eigenvalue weighted by Crippen LogP contribution is -2.32. The fraction of sp³-hybridized carbons (Fsp3) is 0.583. The van der Waals surface area contributed by atoms with Gasteiger partial charge in [0.25, 0.3) is 0 Å². The highest BCUT2D eigenvalue weighted by molar-refractivity contribution is 5.44. The summed E-state index contributed by atoms with van der Waals surface area (Å²) in [6.45, 7) is 4.74. The number of pyridine rings is 1. The molecule has 0 spiro atoms. The summed E-state index contributed by atoms with van der Waals surface area (Å²) < 4.78 is 5.13. The van der Waals surface area contributed by atoms with Gasteiger partial charge in [0, 0.05) is 26.2 Å². The molecule has 0 bridgehead atoms. The van der Waals surface area contributed by atoms with E-state index in [4.69, 9.17) is 10.5 Å². The molecule has 16 heavy (non-hydrogen) atoms. The molecule has 1 aromatic heterocycles. The summed E-state index contributed by atoms with van der Waals surface area (Å²) in [4.78, 5) is 6.47. The lowest BCUT2D eigenvalue weighted by Gasteiger charge is -2.26. The van der Waals surface area contributed by atoms with E-state index in [9.17, 15) is 0 Å². The van der Waals surface area contributed by atoms with Crippen molar-refractivity contribution in [3.8, 4) is 0 Å². The smallest absolute Gasteiger partial charge is 0.0663 e. The minimum Gasteiger partial charge on any atom is -0.383 e. The number of aromatic nitrogens is 1. The highest BCUT2D eigenvalue weighted by Crippen LogP contribution is 2.16. The van der Waals surface area contributed by atoms with Crippen molar-refractivity contribution in [2.24, 2.45) is 5.73 Å². The Morgan fingerprint density at radius 3 is 2.56 bits per heavy atom. The highest BCUT2D eigenvalue weighted by atomic mass is 16.5. The van der Waals surface area contributed by atoms with Crippen molar-refractivity contribution in [1.29, 1.82) is 0 Å². The van der Waals surface area contributed by atoms with Crippen LogP contribution in [0.4, 0.5) is 5.69 Å². The standard InChI is InChI=1S/C12H21N3O/c1-9(8-16-4)15(3)11-5-6-12(10(2)13)14-7-11/h5-7,9-10H,8,13H2,1-4H3. The van der Waals surface area contributed by atoms with E-state index in [-0.39, 0.29) is 6.04 Å². The summed E-state index contributed by atoms with van der Waals surface area (Å²) >= 11 is 0. The first-order valence-corrected chi connectivity index (χ1v) is 5.49. The Labute approximate surface area is 97.4 Å². The van der Waals surface area contributed by atoms with E-state index in [1.54, 1.807) is 7.11 Å². The van der Waals surface area contributed by atoms with Crippen molar-refractivity contribution in [3.05, 3.63) is 24.0 Å². The van der Waals surface area contributed by atoms with E-state index in [0.717, 1.165) is 11.4 Å². The van der Waals surface area contributed by atoms with Crippen molar-refractivity contribution in [3.63, 3.8) is 0 Å². The van der Waals surface area contributed by atoms with Crippen LogP contribution < -0.4 is 10.6 Å². The van der Waals surface area contributed by atoms with Gasteiger partial charge in [0.15, 0.2) is 0 Å². The summed E-state index contributed by atoms with van der Waals surface area (Å²) in [6.07, 6.45) is 1.85. The number of likely N-dealkylation sites (N-methyl/N-ethyl adjacent to an activating group) is 1. The molecule has 4 heteroatoms. The molecule has 2 N–H and O–H groups in total. The average molecular weight is 223 g/mol. The van der Waals surface area contributed by atoms with E-state index in [1.165, 1.54) is 0 Å². The summed E-state index contributed by atoms with van der Waals surface area (Å²) in [7, 11) is 3.74. The minimum absolute atomic E-state index is 0.0178. The van der Waals surface area contributed by atoms with Crippen molar-refractivity contribution in [2.75, 3.05) is 25.7 Å². The van der Waals surface area contributed by atoms with Gasteiger partial charge in [0.2, 0.25) is 0 Å². The Kier molecular flexibility index (Phi) is 4.71.